The van der Waals surface area contributed by atoms with Gasteiger partial charge in [-0.2, -0.15) is 0 Å². The van der Waals surface area contributed by atoms with Crippen molar-refractivity contribution in [1.82, 2.24) is 9.55 Å². The summed E-state index contributed by atoms with van der Waals surface area (Å²) in [5.41, 5.74) is 3.02. The van der Waals surface area contributed by atoms with Crippen LogP contribution < -0.4 is 0 Å². The summed E-state index contributed by atoms with van der Waals surface area (Å²) in [5.74, 6) is -0.244. The zero-order valence-electron chi connectivity index (χ0n) is 10.1. The molecule has 0 aliphatic rings. The van der Waals surface area contributed by atoms with Crippen LogP contribution in [0.1, 0.15) is 5.56 Å². The smallest absolute Gasteiger partial charge is 0.182 e. The number of nitrogens with zero attached hydrogens (tertiary/aromatic N) is 1. The Hall–Kier alpha value is -1.65. The highest BCUT2D eigenvalue weighted by molar-refractivity contribution is 7.71. The number of benzene rings is 2. The molecule has 1 heterocycles. The first-order valence-electron chi connectivity index (χ1n) is 5.73. The van der Waals surface area contributed by atoms with Gasteiger partial charge in [0.2, 0.25) is 0 Å². The molecule has 1 aromatic heterocycles. The molecule has 0 atom stereocenters. The number of fused-ring (bicyclic) bond motifs is 1. The topological polar surface area (TPSA) is 20.7 Å². The van der Waals surface area contributed by atoms with Crippen LogP contribution in [0.5, 0.6) is 0 Å². The van der Waals surface area contributed by atoms with Gasteiger partial charge in [-0.25, -0.2) is 4.39 Å². The molecule has 19 heavy (non-hydrogen) atoms. The Morgan fingerprint density at radius 1 is 1.21 bits per heavy atom. The van der Waals surface area contributed by atoms with Crippen molar-refractivity contribution in [3.8, 4) is 5.69 Å². The maximum atomic E-state index is 13.6. The zero-order chi connectivity index (χ0) is 13.6. The van der Waals surface area contributed by atoms with Crippen molar-refractivity contribution in [2.45, 2.75) is 6.92 Å². The van der Waals surface area contributed by atoms with Crippen LogP contribution >= 0.6 is 23.8 Å². The number of halogens is 2. The monoisotopic (exact) mass is 292 g/mol. The number of imidazole rings is 1. The molecular weight excluding hydrogens is 283 g/mol. The Balaban J connectivity index is 2.34. The highest BCUT2D eigenvalue weighted by Gasteiger charge is 2.09. The number of hydrogen-bond donors (Lipinski definition) is 1. The maximum Gasteiger partial charge on any atom is 0.182 e. The summed E-state index contributed by atoms with van der Waals surface area (Å²) >= 11 is 11.2. The quantitative estimate of drug-likeness (QED) is 0.640. The third-order valence-corrected chi connectivity index (χ3v) is 3.58. The van der Waals surface area contributed by atoms with E-state index in [4.69, 9.17) is 23.8 Å². The molecule has 0 radical (unpaired) electrons. The van der Waals surface area contributed by atoms with Gasteiger partial charge in [-0.15, -0.1) is 0 Å². The molecule has 96 valence electrons. The lowest BCUT2D eigenvalue weighted by atomic mass is 10.2. The Bertz CT molecular complexity index is 818. The van der Waals surface area contributed by atoms with Gasteiger partial charge in [-0.1, -0.05) is 11.6 Å². The van der Waals surface area contributed by atoms with E-state index < -0.39 is 0 Å². The van der Waals surface area contributed by atoms with Crippen molar-refractivity contribution < 1.29 is 4.39 Å². The van der Waals surface area contributed by atoms with Crippen LogP contribution in [-0.4, -0.2) is 9.55 Å². The van der Waals surface area contributed by atoms with Gasteiger partial charge in [0.25, 0.3) is 0 Å². The van der Waals surface area contributed by atoms with Gasteiger partial charge >= 0.3 is 0 Å². The minimum Gasteiger partial charge on any atom is -0.330 e. The molecule has 0 spiro atoms. The summed E-state index contributed by atoms with van der Waals surface area (Å²) in [6.07, 6.45) is 0. The highest BCUT2D eigenvalue weighted by Crippen LogP contribution is 2.23. The average Bonchev–Trinajstić information content (AvgIpc) is 2.67. The summed E-state index contributed by atoms with van der Waals surface area (Å²) < 4.78 is 16.0. The molecule has 0 unspecified atom stereocenters. The van der Waals surface area contributed by atoms with Crippen molar-refractivity contribution in [2.75, 3.05) is 0 Å². The Kier molecular flexibility index (Phi) is 2.92. The number of rotatable bonds is 1. The van der Waals surface area contributed by atoms with E-state index in [2.05, 4.69) is 4.98 Å². The molecule has 2 nitrogen and oxygen atoms in total. The molecule has 0 aliphatic heterocycles. The molecule has 0 bridgehead atoms. The minimum atomic E-state index is -0.244. The van der Waals surface area contributed by atoms with Crippen LogP contribution in [0.25, 0.3) is 16.7 Å². The standard InChI is InChI=1S/C14H10ClFN2S/c1-8-6-13-12(7-11(8)16)17-14(19)18(13)10-4-2-9(15)3-5-10/h2-7H,1H3,(H,17,19). The first kappa shape index (κ1) is 12.4. The molecular formula is C14H10ClFN2S. The number of aromatic amines is 1. The van der Waals surface area contributed by atoms with Crippen molar-refractivity contribution in [3.05, 3.63) is 57.6 Å². The highest BCUT2D eigenvalue weighted by atomic mass is 35.5. The third kappa shape index (κ3) is 2.07. The van der Waals surface area contributed by atoms with Gasteiger partial charge in [0.05, 0.1) is 11.0 Å². The van der Waals surface area contributed by atoms with Gasteiger partial charge < -0.3 is 4.98 Å². The number of nitrogens with one attached hydrogen (secondary N) is 1. The van der Waals surface area contributed by atoms with Crippen molar-refractivity contribution >= 4 is 34.9 Å². The Labute approximate surface area is 119 Å². The van der Waals surface area contributed by atoms with Gasteiger partial charge in [-0.3, -0.25) is 4.57 Å². The van der Waals surface area contributed by atoms with Crippen LogP contribution in [-0.2, 0) is 0 Å². The fourth-order valence-corrected chi connectivity index (χ4v) is 2.52. The van der Waals surface area contributed by atoms with Crippen LogP contribution in [0.4, 0.5) is 4.39 Å². The lowest BCUT2D eigenvalue weighted by molar-refractivity contribution is 0.620. The van der Waals surface area contributed by atoms with E-state index in [1.54, 1.807) is 25.1 Å². The first-order chi connectivity index (χ1) is 9.06. The van der Waals surface area contributed by atoms with Crippen molar-refractivity contribution in [1.29, 1.82) is 0 Å². The van der Waals surface area contributed by atoms with E-state index in [0.717, 1.165) is 11.2 Å². The van der Waals surface area contributed by atoms with Gasteiger partial charge in [-0.05, 0) is 61.1 Å². The molecule has 0 saturated carbocycles. The fraction of sp³-hybridized carbons (Fsp3) is 0.0714. The van der Waals surface area contributed by atoms with E-state index in [-0.39, 0.29) is 5.82 Å². The van der Waals surface area contributed by atoms with Crippen molar-refractivity contribution in [3.63, 3.8) is 0 Å². The number of aromatic nitrogens is 2. The maximum absolute atomic E-state index is 13.6. The SMILES string of the molecule is Cc1cc2c(cc1F)[nH]c(=S)n2-c1ccc(Cl)cc1. The summed E-state index contributed by atoms with van der Waals surface area (Å²) in [6, 6.07) is 10.6. The molecule has 1 N–H and O–H groups in total. The van der Waals surface area contributed by atoms with E-state index in [9.17, 15) is 4.39 Å². The lowest BCUT2D eigenvalue weighted by Gasteiger charge is -2.05. The lowest BCUT2D eigenvalue weighted by Crippen LogP contribution is -1.94. The summed E-state index contributed by atoms with van der Waals surface area (Å²) in [7, 11) is 0. The molecule has 3 aromatic rings. The van der Waals surface area contributed by atoms with Gasteiger partial charge in [0.1, 0.15) is 5.82 Å². The van der Waals surface area contributed by atoms with Gasteiger partial charge in [0, 0.05) is 10.7 Å². The summed E-state index contributed by atoms with van der Waals surface area (Å²) in [4.78, 5) is 3.01. The molecule has 0 fully saturated rings. The molecule has 3 rings (SSSR count). The van der Waals surface area contributed by atoms with Crippen LogP contribution in [0.3, 0.4) is 0 Å². The fourth-order valence-electron chi connectivity index (χ4n) is 2.08. The molecule has 2 aromatic carbocycles. The Morgan fingerprint density at radius 3 is 2.58 bits per heavy atom. The minimum absolute atomic E-state index is 0.244. The summed E-state index contributed by atoms with van der Waals surface area (Å²) in [6.45, 7) is 1.73. The molecule has 0 saturated heterocycles. The second-order valence-electron chi connectivity index (χ2n) is 4.36. The van der Waals surface area contributed by atoms with Gasteiger partial charge in [0.15, 0.2) is 4.77 Å². The van der Waals surface area contributed by atoms with Crippen LogP contribution in [0, 0.1) is 17.5 Å². The normalized spacial score (nSPS) is 11.1. The second kappa shape index (κ2) is 4.47. The largest absolute Gasteiger partial charge is 0.330 e. The third-order valence-electron chi connectivity index (χ3n) is 3.05. The first-order valence-corrected chi connectivity index (χ1v) is 6.52. The summed E-state index contributed by atoms with van der Waals surface area (Å²) in [5, 5.41) is 0.664. The van der Waals surface area contributed by atoms with Crippen molar-refractivity contribution in [2.24, 2.45) is 0 Å². The zero-order valence-corrected chi connectivity index (χ0v) is 11.6. The van der Waals surface area contributed by atoms with E-state index in [1.165, 1.54) is 6.07 Å². The molecule has 0 aliphatic carbocycles. The predicted molar refractivity (Wildman–Crippen MR) is 78.2 cm³/mol. The van der Waals surface area contributed by atoms with Crippen LogP contribution in [0.2, 0.25) is 5.02 Å². The molecule has 5 heteroatoms. The number of aryl methyl sites for hydroxylation is 1. The second-order valence-corrected chi connectivity index (χ2v) is 5.18. The average molecular weight is 293 g/mol. The van der Waals surface area contributed by atoms with E-state index in [1.807, 2.05) is 16.7 Å². The predicted octanol–water partition coefficient (Wildman–Crippen LogP) is 4.79. The van der Waals surface area contributed by atoms with Crippen LogP contribution in [0.15, 0.2) is 36.4 Å². The van der Waals surface area contributed by atoms with E-state index >= 15 is 0 Å². The number of hydrogen-bond acceptors (Lipinski definition) is 1. The van der Waals surface area contributed by atoms with E-state index in [0.29, 0.717) is 20.9 Å². The Morgan fingerprint density at radius 2 is 1.89 bits per heavy atom. The molecule has 0 amide bonds. The number of H-pyrrole nitrogens is 1.